The van der Waals surface area contributed by atoms with E-state index in [1.54, 1.807) is 0 Å². The second-order valence-corrected chi connectivity index (χ2v) is 41.1. The molecule has 0 radical (unpaired) electrons. The molecule has 143 heavy (non-hydrogen) atoms. The maximum atomic E-state index is 6.42. The topological polar surface area (TPSA) is 49.1 Å². The average Bonchev–Trinajstić information content (AvgIpc) is 1.70. The fraction of sp³-hybridized carbons (Fsp3) is 0.0294. The summed E-state index contributed by atoms with van der Waals surface area (Å²) < 4.78 is 19.0. The lowest BCUT2D eigenvalue weighted by atomic mass is 9.87. The first kappa shape index (κ1) is 88.8. The third-order valence-corrected chi connectivity index (χ3v) is 32.4. The molecule has 0 unspecified atom stereocenters. The van der Waals surface area contributed by atoms with Crippen molar-refractivity contribution in [2.75, 3.05) is 14.7 Å². The van der Waals surface area contributed by atoms with Gasteiger partial charge in [0.05, 0.1) is 0 Å². The van der Waals surface area contributed by atoms with Crippen molar-refractivity contribution in [1.82, 2.24) is 0 Å². The second kappa shape index (κ2) is 39.4. The summed E-state index contributed by atoms with van der Waals surface area (Å²) >= 11 is 0. The summed E-state index contributed by atoms with van der Waals surface area (Å²) in [5.74, 6) is 0. The van der Waals surface area contributed by atoms with E-state index in [1.165, 1.54) is 70.8 Å². The van der Waals surface area contributed by atoms with Crippen LogP contribution in [0.4, 0.5) is 51.2 Å². The van der Waals surface area contributed by atoms with Crippen LogP contribution in [-0.4, -0.2) is 8.07 Å². The normalized spacial score (nSPS) is 11.5. The third kappa shape index (κ3) is 17.9. The molecule has 0 atom stereocenters. The fourth-order valence-electron chi connectivity index (χ4n) is 20.4. The molecule has 0 saturated heterocycles. The molecule has 0 spiro atoms. The second-order valence-electron chi connectivity index (χ2n) is 37.3. The minimum Gasteiger partial charge on any atom is -0.455 e. The maximum Gasteiger partial charge on any atom is 0.179 e. The van der Waals surface area contributed by atoms with Gasteiger partial charge in [-0.3, -0.25) is 0 Å². The molecular formula is C136H101N3O3Si. The quantitative estimate of drug-likeness (QED) is 0.0560. The number of benzene rings is 22. The molecular weight excluding hydrogens is 1750 g/mol. The number of hydrogen-bond donors (Lipinski definition) is 0. The van der Waals surface area contributed by atoms with Crippen molar-refractivity contribution >= 4 is 146 Å². The van der Waals surface area contributed by atoms with Gasteiger partial charge in [-0.15, -0.1) is 0 Å². The summed E-state index contributed by atoms with van der Waals surface area (Å²) in [5.41, 5.74) is 33.1. The first-order valence-electron chi connectivity index (χ1n) is 49.0. The van der Waals surface area contributed by atoms with Gasteiger partial charge in [0.15, 0.2) is 8.07 Å². The minimum atomic E-state index is -2.61. The standard InChI is InChI=1S/C60H43NOSi.C40H33NO.C36H25NO/c1-5-16-44(17-6-1)45-28-36-49(37-29-45)61(51-40-32-48(33-41-51)56-25-15-26-58-57-24-13-14-27-59(57)62-60(56)58)50-38-30-46(31-39-50)47-34-42-55(43-35-47)63(52-18-7-2-8-19-52,53-20-9-3-10-21-53)54-22-11-4-12-23-54;1-40(2,3)31-20-26-34(27-21-31)41(32-22-16-29(17-23-32)28-10-5-4-6-11-28)33-24-18-30(19-25-33)35-13-9-14-37-36-12-7-8-15-38(36)42-39(35)37;1-3-10-26(11-4-1)27-18-22-30(23-19-27)37(29-12-5-2-6-13-29)31-24-20-28(21-25-31)32-15-9-16-34-33-14-7-8-17-35(33)38-36(32)34/h1-43H;4-27H,1-3H3;1-25H. The van der Waals surface area contributed by atoms with Gasteiger partial charge in [-0.05, 0) is 220 Å². The van der Waals surface area contributed by atoms with Crippen LogP contribution in [0.5, 0.6) is 0 Å². The molecule has 0 saturated carbocycles. The number of hydrogen-bond acceptors (Lipinski definition) is 6. The highest BCUT2D eigenvalue weighted by molar-refractivity contribution is 7.19. The Morgan fingerprint density at radius 2 is 0.343 bits per heavy atom. The van der Waals surface area contributed by atoms with Crippen LogP contribution in [0.15, 0.2) is 571 Å². The van der Waals surface area contributed by atoms with Gasteiger partial charge in [-0.1, -0.05) is 451 Å². The van der Waals surface area contributed by atoms with Crippen LogP contribution in [0.25, 0.3) is 144 Å². The molecule has 0 aliphatic rings. The van der Waals surface area contributed by atoms with E-state index in [2.05, 4.69) is 551 Å². The Morgan fingerprint density at radius 1 is 0.154 bits per heavy atom. The van der Waals surface area contributed by atoms with Gasteiger partial charge in [0, 0.05) is 100 Å². The molecule has 0 N–H and O–H groups in total. The monoisotopic (exact) mass is 1850 g/mol. The van der Waals surface area contributed by atoms with Crippen molar-refractivity contribution in [3.8, 4) is 77.9 Å². The first-order chi connectivity index (χ1) is 70.5. The number of nitrogens with zero attached hydrogens (tertiary/aromatic N) is 3. The van der Waals surface area contributed by atoms with Gasteiger partial charge in [0.25, 0.3) is 0 Å². The van der Waals surface area contributed by atoms with Crippen molar-refractivity contribution < 1.29 is 13.3 Å². The molecule has 7 heteroatoms. The highest BCUT2D eigenvalue weighted by Crippen LogP contribution is 2.46. The number of furan rings is 3. The highest BCUT2D eigenvalue weighted by atomic mass is 28.3. The molecule has 6 nitrogen and oxygen atoms in total. The molecule has 0 aliphatic heterocycles. The van der Waals surface area contributed by atoms with Crippen molar-refractivity contribution in [2.45, 2.75) is 26.2 Å². The van der Waals surface area contributed by atoms with E-state index in [9.17, 15) is 0 Å². The van der Waals surface area contributed by atoms with E-state index in [1.807, 2.05) is 42.5 Å². The van der Waals surface area contributed by atoms with Gasteiger partial charge in [-0.25, -0.2) is 0 Å². The Morgan fingerprint density at radius 3 is 0.601 bits per heavy atom. The van der Waals surface area contributed by atoms with E-state index in [4.69, 9.17) is 13.3 Å². The lowest BCUT2D eigenvalue weighted by molar-refractivity contribution is 0.590. The van der Waals surface area contributed by atoms with Crippen LogP contribution in [0.3, 0.4) is 0 Å². The van der Waals surface area contributed by atoms with Gasteiger partial charge in [-0.2, -0.15) is 0 Å². The molecule has 682 valence electrons. The Balaban J connectivity index is 0.000000124. The van der Waals surface area contributed by atoms with Crippen LogP contribution in [-0.2, 0) is 5.41 Å². The van der Waals surface area contributed by atoms with E-state index < -0.39 is 8.07 Å². The average molecular weight is 1850 g/mol. The van der Waals surface area contributed by atoms with Gasteiger partial charge >= 0.3 is 0 Å². The van der Waals surface area contributed by atoms with Gasteiger partial charge < -0.3 is 28.0 Å². The summed E-state index contributed by atoms with van der Waals surface area (Å²) in [7, 11) is -2.61. The highest BCUT2D eigenvalue weighted by Gasteiger charge is 2.41. The Bertz CT molecular complexity index is 8590. The van der Waals surface area contributed by atoms with Crippen LogP contribution < -0.4 is 35.4 Å². The van der Waals surface area contributed by atoms with Gasteiger partial charge in [0.1, 0.15) is 33.5 Å². The third-order valence-electron chi connectivity index (χ3n) is 27.6. The van der Waals surface area contributed by atoms with Crippen molar-refractivity contribution in [3.63, 3.8) is 0 Å². The Labute approximate surface area is 835 Å². The summed E-state index contributed by atoms with van der Waals surface area (Å²) in [6, 6.07) is 200. The lowest BCUT2D eigenvalue weighted by Crippen LogP contribution is -2.74. The van der Waals surface area contributed by atoms with Crippen LogP contribution in [0.2, 0.25) is 0 Å². The predicted octanol–water partition coefficient (Wildman–Crippen LogP) is 35.5. The van der Waals surface area contributed by atoms with E-state index >= 15 is 0 Å². The summed E-state index contributed by atoms with van der Waals surface area (Å²) in [6.45, 7) is 6.76. The van der Waals surface area contributed by atoms with E-state index in [0.717, 1.165) is 150 Å². The van der Waals surface area contributed by atoms with E-state index in [-0.39, 0.29) is 5.41 Å². The molecule has 22 aromatic carbocycles. The maximum absolute atomic E-state index is 6.42. The summed E-state index contributed by atoms with van der Waals surface area (Å²) in [6.07, 6.45) is 0. The largest absolute Gasteiger partial charge is 0.455 e. The number of rotatable bonds is 20. The number of anilines is 9. The first-order valence-corrected chi connectivity index (χ1v) is 51.0. The predicted molar refractivity (Wildman–Crippen MR) is 606 cm³/mol. The molecule has 25 rings (SSSR count). The summed E-state index contributed by atoms with van der Waals surface area (Å²) in [5, 5.41) is 12.3. The molecule has 0 fully saturated rings. The van der Waals surface area contributed by atoms with Crippen LogP contribution >= 0.6 is 0 Å². The van der Waals surface area contributed by atoms with Crippen molar-refractivity contribution in [2.24, 2.45) is 0 Å². The molecule has 0 amide bonds. The van der Waals surface area contributed by atoms with Crippen LogP contribution in [0, 0.1) is 0 Å². The minimum absolute atomic E-state index is 0.0972. The molecule has 3 heterocycles. The Hall–Kier alpha value is -18.1. The zero-order valence-electron chi connectivity index (χ0n) is 79.7. The number of para-hydroxylation sites is 7. The molecule has 25 aromatic rings. The molecule has 3 aromatic heterocycles. The molecule has 0 aliphatic carbocycles. The van der Waals surface area contributed by atoms with Crippen molar-refractivity contribution in [1.29, 1.82) is 0 Å². The van der Waals surface area contributed by atoms with Crippen molar-refractivity contribution in [3.05, 3.63) is 564 Å². The zero-order valence-corrected chi connectivity index (χ0v) is 80.7. The zero-order chi connectivity index (χ0) is 96.0. The van der Waals surface area contributed by atoms with E-state index in [0.29, 0.717) is 0 Å². The summed E-state index contributed by atoms with van der Waals surface area (Å²) in [4.78, 5) is 6.96. The molecule has 0 bridgehead atoms. The number of fused-ring (bicyclic) bond motifs is 9. The lowest BCUT2D eigenvalue weighted by Gasteiger charge is -2.34. The smallest absolute Gasteiger partial charge is 0.179 e. The van der Waals surface area contributed by atoms with Crippen LogP contribution in [0.1, 0.15) is 26.3 Å². The fourth-order valence-corrected chi connectivity index (χ4v) is 25.1. The van der Waals surface area contributed by atoms with Gasteiger partial charge in [0.2, 0.25) is 0 Å². The SMILES string of the molecule is CC(C)(C)c1ccc(N(c2ccc(-c3ccccc3)cc2)c2ccc(-c3cccc4c3oc3ccccc34)cc2)cc1.c1ccc(-c2ccc(N(c3ccc(-c4ccc([Si](c5ccccc5)(c5ccccc5)c5ccccc5)cc4)cc3)c3ccc(-c4cccc5c4oc4ccccc45)cc3)cc2)cc1.c1ccc(-c2ccc(N(c3ccccc3)c3ccc(-c4cccc5c4oc4ccccc45)cc3)cc2)cc1. The Kier molecular flexibility index (Phi) is 24.5.